The Morgan fingerprint density at radius 3 is 2.90 bits per heavy atom. The molecule has 112 valence electrons. The number of anilines is 1. The van der Waals surface area contributed by atoms with Crippen LogP contribution in [-0.2, 0) is 4.74 Å². The second-order valence-electron chi connectivity index (χ2n) is 5.71. The van der Waals surface area contributed by atoms with Crippen molar-refractivity contribution in [1.82, 2.24) is 4.90 Å². The lowest BCUT2D eigenvalue weighted by molar-refractivity contribution is 0.0637. The van der Waals surface area contributed by atoms with Crippen LogP contribution in [0.5, 0.6) is 5.75 Å². The molecule has 1 aliphatic rings. The molecule has 0 aliphatic carbocycles. The summed E-state index contributed by atoms with van der Waals surface area (Å²) in [5.41, 5.74) is 1.09. The largest absolute Gasteiger partial charge is 0.492 e. The van der Waals surface area contributed by atoms with Crippen molar-refractivity contribution in [2.24, 2.45) is 0 Å². The molecule has 0 radical (unpaired) electrons. The van der Waals surface area contributed by atoms with Crippen molar-refractivity contribution < 1.29 is 9.47 Å². The number of benzene rings is 1. The Kier molecular flexibility index (Phi) is 5.68. The van der Waals surface area contributed by atoms with Crippen molar-refractivity contribution in [3.63, 3.8) is 0 Å². The number of likely N-dealkylation sites (N-methyl/N-ethyl adjacent to an activating group) is 1. The normalized spacial score (nSPS) is 22.2. The predicted molar refractivity (Wildman–Crippen MR) is 82.5 cm³/mol. The SMILES string of the molecule is CC1CCC(CNc2cccc(OCCN(C)C)c2)O1. The molecule has 0 spiro atoms. The lowest BCUT2D eigenvalue weighted by Gasteiger charge is -2.15. The summed E-state index contributed by atoms with van der Waals surface area (Å²) in [6, 6.07) is 8.13. The van der Waals surface area contributed by atoms with Gasteiger partial charge in [0.15, 0.2) is 0 Å². The van der Waals surface area contributed by atoms with Crippen LogP contribution in [0, 0.1) is 0 Å². The molecule has 2 unspecified atom stereocenters. The van der Waals surface area contributed by atoms with Crippen LogP contribution in [0.3, 0.4) is 0 Å². The van der Waals surface area contributed by atoms with E-state index in [1.165, 1.54) is 6.42 Å². The molecule has 1 aromatic rings. The van der Waals surface area contributed by atoms with E-state index in [4.69, 9.17) is 9.47 Å². The minimum absolute atomic E-state index is 0.336. The molecule has 0 bridgehead atoms. The van der Waals surface area contributed by atoms with Gasteiger partial charge in [-0.25, -0.2) is 0 Å². The van der Waals surface area contributed by atoms with Crippen molar-refractivity contribution in [3.05, 3.63) is 24.3 Å². The summed E-state index contributed by atoms with van der Waals surface area (Å²) in [4.78, 5) is 2.11. The van der Waals surface area contributed by atoms with Crippen molar-refractivity contribution in [2.45, 2.75) is 32.0 Å². The van der Waals surface area contributed by atoms with E-state index in [0.717, 1.165) is 30.9 Å². The Morgan fingerprint density at radius 1 is 1.35 bits per heavy atom. The minimum Gasteiger partial charge on any atom is -0.492 e. The number of ether oxygens (including phenoxy) is 2. The van der Waals surface area contributed by atoms with E-state index in [0.29, 0.717) is 18.8 Å². The quantitative estimate of drug-likeness (QED) is 0.831. The maximum Gasteiger partial charge on any atom is 0.121 e. The number of rotatable bonds is 7. The van der Waals surface area contributed by atoms with Crippen LogP contribution in [0.15, 0.2) is 24.3 Å². The van der Waals surface area contributed by atoms with Gasteiger partial charge in [-0.1, -0.05) is 6.07 Å². The second kappa shape index (κ2) is 7.50. The van der Waals surface area contributed by atoms with E-state index in [9.17, 15) is 0 Å². The zero-order valence-electron chi connectivity index (χ0n) is 12.8. The molecule has 0 amide bonds. The van der Waals surface area contributed by atoms with Gasteiger partial charge in [0, 0.05) is 24.8 Å². The van der Waals surface area contributed by atoms with Crippen LogP contribution in [0.1, 0.15) is 19.8 Å². The molecule has 2 rings (SSSR count). The van der Waals surface area contributed by atoms with Gasteiger partial charge in [-0.05, 0) is 46.0 Å². The summed E-state index contributed by atoms with van der Waals surface area (Å²) in [7, 11) is 4.09. The maximum atomic E-state index is 5.81. The average Bonchev–Trinajstić information content (AvgIpc) is 2.82. The van der Waals surface area contributed by atoms with Crippen molar-refractivity contribution in [3.8, 4) is 5.75 Å². The minimum atomic E-state index is 0.336. The molecule has 1 aliphatic heterocycles. The smallest absolute Gasteiger partial charge is 0.121 e. The zero-order chi connectivity index (χ0) is 14.4. The van der Waals surface area contributed by atoms with Crippen LogP contribution in [0.25, 0.3) is 0 Å². The van der Waals surface area contributed by atoms with Crippen LogP contribution in [0.4, 0.5) is 5.69 Å². The first-order valence-corrected chi connectivity index (χ1v) is 7.40. The fraction of sp³-hybridized carbons (Fsp3) is 0.625. The van der Waals surface area contributed by atoms with Crippen LogP contribution < -0.4 is 10.1 Å². The number of hydrogen-bond acceptors (Lipinski definition) is 4. The summed E-state index contributed by atoms with van der Waals surface area (Å²) in [6.07, 6.45) is 3.05. The van der Waals surface area contributed by atoms with Gasteiger partial charge in [-0.15, -0.1) is 0 Å². The Balaban J connectivity index is 1.77. The second-order valence-corrected chi connectivity index (χ2v) is 5.71. The van der Waals surface area contributed by atoms with E-state index in [1.54, 1.807) is 0 Å². The Hall–Kier alpha value is -1.26. The Morgan fingerprint density at radius 2 is 2.20 bits per heavy atom. The molecular weight excluding hydrogens is 252 g/mol. The van der Waals surface area contributed by atoms with Crippen LogP contribution >= 0.6 is 0 Å². The first-order valence-electron chi connectivity index (χ1n) is 7.40. The van der Waals surface area contributed by atoms with E-state index in [-0.39, 0.29) is 0 Å². The van der Waals surface area contributed by atoms with E-state index in [1.807, 2.05) is 32.3 Å². The molecule has 20 heavy (non-hydrogen) atoms. The third kappa shape index (κ3) is 5.02. The van der Waals surface area contributed by atoms with Crippen molar-refractivity contribution in [1.29, 1.82) is 0 Å². The molecule has 1 fully saturated rings. The highest BCUT2D eigenvalue weighted by molar-refractivity contribution is 5.48. The van der Waals surface area contributed by atoms with Crippen LogP contribution in [-0.4, -0.2) is 50.9 Å². The van der Waals surface area contributed by atoms with Gasteiger partial charge >= 0.3 is 0 Å². The molecular formula is C16H26N2O2. The maximum absolute atomic E-state index is 5.81. The third-order valence-corrected chi connectivity index (χ3v) is 3.50. The van der Waals surface area contributed by atoms with Gasteiger partial charge in [0.25, 0.3) is 0 Å². The van der Waals surface area contributed by atoms with Gasteiger partial charge in [-0.2, -0.15) is 0 Å². The summed E-state index contributed by atoms with van der Waals surface area (Å²) >= 11 is 0. The van der Waals surface area contributed by atoms with Gasteiger partial charge in [0.1, 0.15) is 12.4 Å². The molecule has 2 atom stereocenters. The van der Waals surface area contributed by atoms with Crippen molar-refractivity contribution in [2.75, 3.05) is 39.1 Å². The zero-order valence-corrected chi connectivity index (χ0v) is 12.8. The van der Waals surface area contributed by atoms with Gasteiger partial charge in [0.05, 0.1) is 12.2 Å². The molecule has 0 aromatic heterocycles. The van der Waals surface area contributed by atoms with Gasteiger partial charge in [0.2, 0.25) is 0 Å². The first kappa shape index (κ1) is 15.1. The van der Waals surface area contributed by atoms with Crippen LogP contribution in [0.2, 0.25) is 0 Å². The summed E-state index contributed by atoms with van der Waals surface area (Å²) in [6.45, 7) is 4.63. The lowest BCUT2D eigenvalue weighted by atomic mass is 10.2. The number of nitrogens with one attached hydrogen (secondary N) is 1. The fourth-order valence-electron chi connectivity index (χ4n) is 2.31. The van der Waals surface area contributed by atoms with E-state index in [2.05, 4.69) is 23.2 Å². The Labute approximate surface area is 122 Å². The molecule has 0 saturated carbocycles. The number of nitrogens with zero attached hydrogens (tertiary/aromatic N) is 1. The third-order valence-electron chi connectivity index (χ3n) is 3.50. The van der Waals surface area contributed by atoms with E-state index < -0.39 is 0 Å². The van der Waals surface area contributed by atoms with Gasteiger partial charge in [-0.3, -0.25) is 0 Å². The van der Waals surface area contributed by atoms with E-state index >= 15 is 0 Å². The fourth-order valence-corrected chi connectivity index (χ4v) is 2.31. The summed E-state index contributed by atoms with van der Waals surface area (Å²) in [5, 5.41) is 3.43. The Bertz CT molecular complexity index is 409. The molecule has 1 saturated heterocycles. The molecule has 1 heterocycles. The van der Waals surface area contributed by atoms with Gasteiger partial charge < -0.3 is 19.7 Å². The monoisotopic (exact) mass is 278 g/mol. The topological polar surface area (TPSA) is 33.7 Å². The molecule has 4 heteroatoms. The highest BCUT2D eigenvalue weighted by Gasteiger charge is 2.21. The lowest BCUT2D eigenvalue weighted by Crippen LogP contribution is -2.20. The standard InChI is InChI=1S/C16H26N2O2/c1-13-7-8-16(20-13)12-17-14-5-4-6-15(11-14)19-10-9-18(2)3/h4-6,11,13,16-17H,7-10,12H2,1-3H3. The first-order chi connectivity index (χ1) is 9.63. The average molecular weight is 278 g/mol. The molecule has 1 N–H and O–H groups in total. The predicted octanol–water partition coefficient (Wildman–Crippen LogP) is 2.61. The molecule has 4 nitrogen and oxygen atoms in total. The highest BCUT2D eigenvalue weighted by Crippen LogP contribution is 2.21. The number of hydrogen-bond donors (Lipinski definition) is 1. The summed E-state index contributed by atoms with van der Waals surface area (Å²) in [5.74, 6) is 0.914. The summed E-state index contributed by atoms with van der Waals surface area (Å²) < 4.78 is 11.5. The molecule has 1 aromatic carbocycles. The highest BCUT2D eigenvalue weighted by atomic mass is 16.5. The van der Waals surface area contributed by atoms with Crippen molar-refractivity contribution >= 4 is 5.69 Å².